The molecule has 6 heteroatoms. The van der Waals surface area contributed by atoms with E-state index in [2.05, 4.69) is 56.9 Å². The second-order valence-corrected chi connectivity index (χ2v) is 9.68. The minimum absolute atomic E-state index is 0.185. The largest absolute Gasteiger partial charge is 0.494 e. The van der Waals surface area contributed by atoms with Gasteiger partial charge in [0.15, 0.2) is 0 Å². The first kappa shape index (κ1) is 23.4. The molecule has 0 saturated heterocycles. The minimum atomic E-state index is -0.185. The fraction of sp³-hybridized carbons (Fsp3) is 0.194. The number of anilines is 1. The van der Waals surface area contributed by atoms with Gasteiger partial charge in [0.1, 0.15) is 17.1 Å². The van der Waals surface area contributed by atoms with E-state index in [1.165, 1.54) is 5.56 Å². The molecule has 3 aromatic carbocycles. The van der Waals surface area contributed by atoms with Crippen molar-refractivity contribution in [2.24, 2.45) is 0 Å². The highest BCUT2D eigenvalue weighted by Gasteiger charge is 2.29. The van der Waals surface area contributed by atoms with Crippen LogP contribution in [0, 0.1) is 0 Å². The molecule has 0 spiro atoms. The van der Waals surface area contributed by atoms with Gasteiger partial charge in [0.2, 0.25) is 0 Å². The standard InChI is InChI=1S/C31H28ClN3O2/c1-2-37-23-17-15-22(16-18-23)28-24-12-8-9-19-34-27(21-10-4-3-5-11-21)20-35(31(24)34)29(28)30(36)33-26-14-7-6-13-25(26)32/h3-7,10-11,13-18,20H,2,8-9,12,19H2,1H3,(H,33,36). The van der Waals surface area contributed by atoms with Crippen molar-refractivity contribution in [3.8, 4) is 28.1 Å². The lowest BCUT2D eigenvalue weighted by Gasteiger charge is -2.11. The summed E-state index contributed by atoms with van der Waals surface area (Å²) >= 11 is 6.41. The van der Waals surface area contributed by atoms with Crippen molar-refractivity contribution < 1.29 is 9.53 Å². The molecule has 37 heavy (non-hydrogen) atoms. The second kappa shape index (κ2) is 9.83. The van der Waals surface area contributed by atoms with E-state index in [1.807, 2.05) is 43.3 Å². The van der Waals surface area contributed by atoms with Crippen LogP contribution in [0.3, 0.4) is 0 Å². The molecule has 0 radical (unpaired) electrons. The molecule has 2 aromatic heterocycles. The lowest BCUT2D eigenvalue weighted by Crippen LogP contribution is -2.15. The van der Waals surface area contributed by atoms with Gasteiger partial charge in [0, 0.05) is 23.9 Å². The summed E-state index contributed by atoms with van der Waals surface area (Å²) in [4.78, 5) is 14.0. The monoisotopic (exact) mass is 509 g/mol. The third kappa shape index (κ3) is 4.19. The third-order valence-electron chi connectivity index (χ3n) is 6.99. The maximum Gasteiger partial charge on any atom is 0.273 e. The molecular formula is C31H28ClN3O2. The zero-order chi connectivity index (χ0) is 25.4. The number of nitrogens with zero attached hydrogens (tertiary/aromatic N) is 2. The highest BCUT2D eigenvalue weighted by atomic mass is 35.5. The average Bonchev–Trinajstić information content (AvgIpc) is 3.34. The molecule has 186 valence electrons. The summed E-state index contributed by atoms with van der Waals surface area (Å²) < 4.78 is 10.1. The van der Waals surface area contributed by atoms with E-state index in [9.17, 15) is 4.79 Å². The van der Waals surface area contributed by atoms with E-state index < -0.39 is 0 Å². The summed E-state index contributed by atoms with van der Waals surface area (Å²) in [5.41, 5.74) is 7.73. The second-order valence-electron chi connectivity index (χ2n) is 9.28. The summed E-state index contributed by atoms with van der Waals surface area (Å²) in [6.07, 6.45) is 5.16. The minimum Gasteiger partial charge on any atom is -0.494 e. The van der Waals surface area contributed by atoms with Gasteiger partial charge in [-0.3, -0.25) is 9.20 Å². The van der Waals surface area contributed by atoms with E-state index >= 15 is 0 Å². The van der Waals surface area contributed by atoms with Crippen LogP contribution in [-0.2, 0) is 13.0 Å². The number of halogens is 1. The molecule has 1 aliphatic rings. The molecule has 1 aliphatic heterocycles. The van der Waals surface area contributed by atoms with Crippen LogP contribution in [0.25, 0.3) is 28.0 Å². The Balaban J connectivity index is 1.59. The fourth-order valence-corrected chi connectivity index (χ4v) is 5.57. The molecule has 0 atom stereocenters. The quantitative estimate of drug-likeness (QED) is 0.255. The van der Waals surface area contributed by atoms with Crippen molar-refractivity contribution in [1.82, 2.24) is 8.97 Å². The van der Waals surface area contributed by atoms with E-state index in [4.69, 9.17) is 16.3 Å². The van der Waals surface area contributed by atoms with Crippen molar-refractivity contribution in [3.05, 3.63) is 101 Å². The molecule has 0 aliphatic carbocycles. The van der Waals surface area contributed by atoms with Crippen LogP contribution in [0.15, 0.2) is 85.1 Å². The molecular weight excluding hydrogens is 482 g/mol. The number of amides is 1. The Morgan fingerprint density at radius 3 is 2.46 bits per heavy atom. The van der Waals surface area contributed by atoms with Crippen LogP contribution in [0.5, 0.6) is 5.75 Å². The van der Waals surface area contributed by atoms with Gasteiger partial charge in [-0.2, -0.15) is 0 Å². The number of rotatable bonds is 6. The van der Waals surface area contributed by atoms with Crippen LogP contribution in [0.1, 0.15) is 35.8 Å². The fourth-order valence-electron chi connectivity index (χ4n) is 5.39. The Morgan fingerprint density at radius 1 is 0.946 bits per heavy atom. The maximum absolute atomic E-state index is 14.0. The van der Waals surface area contributed by atoms with Crippen LogP contribution < -0.4 is 10.1 Å². The Bertz CT molecular complexity index is 1580. The van der Waals surface area contributed by atoms with Crippen LogP contribution in [-0.4, -0.2) is 21.5 Å². The number of hydrogen-bond acceptors (Lipinski definition) is 2. The molecule has 0 unspecified atom stereocenters. The zero-order valence-electron chi connectivity index (χ0n) is 20.7. The number of ether oxygens (including phenoxy) is 1. The highest BCUT2D eigenvalue weighted by Crippen LogP contribution is 2.40. The number of benzene rings is 3. The predicted molar refractivity (Wildman–Crippen MR) is 150 cm³/mol. The van der Waals surface area contributed by atoms with Crippen LogP contribution in [0.4, 0.5) is 5.69 Å². The predicted octanol–water partition coefficient (Wildman–Crippen LogP) is 7.72. The lowest BCUT2D eigenvalue weighted by atomic mass is 9.97. The Morgan fingerprint density at radius 2 is 1.70 bits per heavy atom. The Hall–Kier alpha value is -3.96. The molecule has 3 heterocycles. The van der Waals surface area contributed by atoms with Crippen molar-refractivity contribution in [3.63, 3.8) is 0 Å². The number of imidazole rings is 1. The molecule has 0 bridgehead atoms. The van der Waals surface area contributed by atoms with E-state index in [0.29, 0.717) is 23.0 Å². The number of aryl methyl sites for hydroxylation is 2. The van der Waals surface area contributed by atoms with Gasteiger partial charge in [-0.1, -0.05) is 66.2 Å². The number of carbonyl (C=O) groups excluding carboxylic acids is 1. The SMILES string of the molecule is CCOc1ccc(-c2c3c4n(c(-c5ccccc5)cn4c2C(=O)Nc2ccccc2Cl)CCCC3)cc1. The number of aromatic nitrogens is 2. The summed E-state index contributed by atoms with van der Waals surface area (Å²) in [6, 6.07) is 25.8. The van der Waals surface area contributed by atoms with Gasteiger partial charge < -0.3 is 14.6 Å². The number of para-hydroxylation sites is 1. The van der Waals surface area contributed by atoms with Gasteiger partial charge in [0.25, 0.3) is 5.91 Å². The third-order valence-corrected chi connectivity index (χ3v) is 7.32. The highest BCUT2D eigenvalue weighted by molar-refractivity contribution is 6.34. The molecule has 0 fully saturated rings. The van der Waals surface area contributed by atoms with Crippen molar-refractivity contribution in [2.45, 2.75) is 32.7 Å². The normalized spacial score (nSPS) is 12.9. The van der Waals surface area contributed by atoms with Gasteiger partial charge in [-0.25, -0.2) is 0 Å². The van der Waals surface area contributed by atoms with Gasteiger partial charge in [-0.15, -0.1) is 0 Å². The van der Waals surface area contributed by atoms with Gasteiger partial charge >= 0.3 is 0 Å². The summed E-state index contributed by atoms with van der Waals surface area (Å²) in [5.74, 6) is 0.634. The molecule has 1 N–H and O–H groups in total. The molecule has 0 saturated carbocycles. The number of nitrogens with one attached hydrogen (secondary N) is 1. The van der Waals surface area contributed by atoms with Crippen molar-refractivity contribution in [2.75, 3.05) is 11.9 Å². The van der Waals surface area contributed by atoms with E-state index in [-0.39, 0.29) is 5.91 Å². The summed E-state index contributed by atoms with van der Waals surface area (Å²) in [5, 5.41) is 3.59. The first-order chi connectivity index (χ1) is 18.2. The van der Waals surface area contributed by atoms with E-state index in [0.717, 1.165) is 59.6 Å². The first-order valence-electron chi connectivity index (χ1n) is 12.8. The Labute approximate surface area is 221 Å². The molecule has 5 nitrogen and oxygen atoms in total. The van der Waals surface area contributed by atoms with Crippen LogP contribution in [0.2, 0.25) is 5.02 Å². The van der Waals surface area contributed by atoms with Gasteiger partial charge in [-0.05, 0) is 61.6 Å². The molecule has 5 aromatic rings. The van der Waals surface area contributed by atoms with E-state index in [1.54, 1.807) is 6.07 Å². The topological polar surface area (TPSA) is 47.7 Å². The average molecular weight is 510 g/mol. The van der Waals surface area contributed by atoms with Gasteiger partial charge in [0.05, 0.1) is 23.0 Å². The molecule has 6 rings (SSSR count). The van der Waals surface area contributed by atoms with Crippen molar-refractivity contribution in [1.29, 1.82) is 0 Å². The first-order valence-corrected chi connectivity index (χ1v) is 13.1. The number of hydrogen-bond donors (Lipinski definition) is 1. The number of carbonyl (C=O) groups is 1. The maximum atomic E-state index is 14.0. The molecule has 1 amide bonds. The smallest absolute Gasteiger partial charge is 0.273 e. The van der Waals surface area contributed by atoms with Crippen molar-refractivity contribution >= 4 is 28.8 Å². The van der Waals surface area contributed by atoms with Crippen LogP contribution >= 0.6 is 11.6 Å². The lowest BCUT2D eigenvalue weighted by molar-refractivity contribution is 0.102. The summed E-state index contributed by atoms with van der Waals surface area (Å²) in [6.45, 7) is 3.49. The summed E-state index contributed by atoms with van der Waals surface area (Å²) in [7, 11) is 0. The Kier molecular flexibility index (Phi) is 6.23. The zero-order valence-corrected chi connectivity index (χ0v) is 21.5.